The summed E-state index contributed by atoms with van der Waals surface area (Å²) in [5, 5.41) is 0. The molecule has 0 aliphatic rings. The third kappa shape index (κ3) is 5.04. The molecule has 0 fully saturated rings. The molecule has 0 radical (unpaired) electrons. The Morgan fingerprint density at radius 2 is 1.89 bits per heavy atom. The van der Waals surface area contributed by atoms with E-state index in [0.717, 1.165) is 47.9 Å². The summed E-state index contributed by atoms with van der Waals surface area (Å²) in [6, 6.07) is 14.4. The quantitative estimate of drug-likeness (QED) is 0.556. The molecule has 0 saturated carbocycles. The van der Waals surface area contributed by atoms with Crippen LogP contribution >= 0.6 is 0 Å². The molecule has 28 heavy (non-hydrogen) atoms. The Morgan fingerprint density at radius 3 is 2.61 bits per heavy atom. The molecule has 0 saturated heterocycles. The number of aromatic nitrogens is 2. The molecule has 0 aliphatic carbocycles. The summed E-state index contributed by atoms with van der Waals surface area (Å²) < 4.78 is 13.6. The van der Waals surface area contributed by atoms with Crippen molar-refractivity contribution in [1.82, 2.24) is 14.5 Å². The van der Waals surface area contributed by atoms with E-state index < -0.39 is 0 Å². The van der Waals surface area contributed by atoms with Gasteiger partial charge < -0.3 is 18.9 Å². The monoisotopic (exact) mass is 381 g/mol. The standard InChI is InChI=1S/C23H31N3O2/c1-17(2)16-26-22-15-20(28-12-11-25(3)4)9-10-21(22)24-23(26)14-18-7-6-8-19(13-18)27-5/h6-10,13,15,17H,11-12,14,16H2,1-5H3. The molecule has 0 bridgehead atoms. The van der Waals surface area contributed by atoms with Gasteiger partial charge in [-0.3, -0.25) is 0 Å². The van der Waals surface area contributed by atoms with Gasteiger partial charge in [-0.1, -0.05) is 26.0 Å². The van der Waals surface area contributed by atoms with E-state index >= 15 is 0 Å². The molecule has 1 aromatic heterocycles. The van der Waals surface area contributed by atoms with E-state index in [1.807, 2.05) is 18.2 Å². The SMILES string of the molecule is COc1cccc(Cc2nc3ccc(OCCN(C)C)cc3n2CC(C)C)c1. The Bertz CT molecular complexity index is 915. The number of methoxy groups -OCH3 is 1. The number of hydrogen-bond acceptors (Lipinski definition) is 4. The highest BCUT2D eigenvalue weighted by atomic mass is 16.5. The van der Waals surface area contributed by atoms with Crippen LogP contribution in [0.4, 0.5) is 0 Å². The van der Waals surface area contributed by atoms with Gasteiger partial charge in [0.1, 0.15) is 23.9 Å². The zero-order valence-electron chi connectivity index (χ0n) is 17.6. The van der Waals surface area contributed by atoms with Gasteiger partial charge in [0.25, 0.3) is 0 Å². The summed E-state index contributed by atoms with van der Waals surface area (Å²) in [5.41, 5.74) is 3.34. The van der Waals surface area contributed by atoms with Crippen LogP contribution in [0, 0.1) is 5.92 Å². The van der Waals surface area contributed by atoms with Crippen molar-refractivity contribution >= 4 is 11.0 Å². The molecule has 2 aromatic carbocycles. The first kappa shape index (κ1) is 20.2. The van der Waals surface area contributed by atoms with Gasteiger partial charge in [0.05, 0.1) is 18.1 Å². The van der Waals surface area contributed by atoms with Crippen LogP contribution in [-0.2, 0) is 13.0 Å². The van der Waals surface area contributed by atoms with Crippen molar-refractivity contribution in [3.05, 3.63) is 53.9 Å². The second-order valence-corrected chi connectivity index (χ2v) is 7.86. The van der Waals surface area contributed by atoms with Gasteiger partial charge in [0, 0.05) is 25.6 Å². The van der Waals surface area contributed by atoms with E-state index in [4.69, 9.17) is 14.5 Å². The van der Waals surface area contributed by atoms with Crippen molar-refractivity contribution in [2.24, 2.45) is 5.92 Å². The summed E-state index contributed by atoms with van der Waals surface area (Å²) in [4.78, 5) is 7.04. The molecule has 0 N–H and O–H groups in total. The van der Waals surface area contributed by atoms with Gasteiger partial charge in [0.2, 0.25) is 0 Å². The topological polar surface area (TPSA) is 39.5 Å². The van der Waals surface area contributed by atoms with Crippen LogP contribution in [0.25, 0.3) is 11.0 Å². The number of hydrogen-bond donors (Lipinski definition) is 0. The van der Waals surface area contributed by atoms with Crippen LogP contribution in [0.15, 0.2) is 42.5 Å². The molecule has 0 amide bonds. The third-order valence-electron chi connectivity index (χ3n) is 4.65. The van der Waals surface area contributed by atoms with Crippen LogP contribution in [0.5, 0.6) is 11.5 Å². The lowest BCUT2D eigenvalue weighted by Crippen LogP contribution is -2.19. The largest absolute Gasteiger partial charge is 0.497 e. The van der Waals surface area contributed by atoms with Crippen molar-refractivity contribution in [2.45, 2.75) is 26.8 Å². The van der Waals surface area contributed by atoms with Crippen molar-refractivity contribution in [3.63, 3.8) is 0 Å². The summed E-state index contributed by atoms with van der Waals surface area (Å²) in [6.45, 7) is 6.96. The number of nitrogens with zero attached hydrogens (tertiary/aromatic N) is 3. The highest BCUT2D eigenvalue weighted by Gasteiger charge is 2.14. The van der Waals surface area contributed by atoms with E-state index in [9.17, 15) is 0 Å². The zero-order valence-corrected chi connectivity index (χ0v) is 17.6. The molecule has 5 heteroatoms. The molecule has 3 aromatic rings. The van der Waals surface area contributed by atoms with Gasteiger partial charge in [0.15, 0.2) is 0 Å². The second-order valence-electron chi connectivity index (χ2n) is 7.86. The van der Waals surface area contributed by atoms with Crippen molar-refractivity contribution < 1.29 is 9.47 Å². The van der Waals surface area contributed by atoms with Crippen LogP contribution in [0.3, 0.4) is 0 Å². The fourth-order valence-electron chi connectivity index (χ4n) is 3.26. The van der Waals surface area contributed by atoms with Gasteiger partial charge in [-0.2, -0.15) is 0 Å². The highest BCUT2D eigenvalue weighted by molar-refractivity contribution is 5.78. The fourth-order valence-corrected chi connectivity index (χ4v) is 3.26. The van der Waals surface area contributed by atoms with E-state index in [-0.39, 0.29) is 0 Å². The molecule has 0 spiro atoms. The Labute approximate surface area is 167 Å². The molecule has 3 rings (SSSR count). The Kier molecular flexibility index (Phi) is 6.57. The Hall–Kier alpha value is -2.53. The van der Waals surface area contributed by atoms with Gasteiger partial charge in [-0.25, -0.2) is 4.98 Å². The fraction of sp³-hybridized carbons (Fsp3) is 0.435. The third-order valence-corrected chi connectivity index (χ3v) is 4.65. The molecule has 1 heterocycles. The normalized spacial score (nSPS) is 11.5. The number of ether oxygens (including phenoxy) is 2. The lowest BCUT2D eigenvalue weighted by Gasteiger charge is -2.14. The van der Waals surface area contributed by atoms with Crippen LogP contribution in [-0.4, -0.2) is 48.8 Å². The zero-order chi connectivity index (χ0) is 20.1. The minimum atomic E-state index is 0.528. The van der Waals surface area contributed by atoms with Crippen molar-refractivity contribution in [3.8, 4) is 11.5 Å². The van der Waals surface area contributed by atoms with Crippen LogP contribution in [0.2, 0.25) is 0 Å². The van der Waals surface area contributed by atoms with Gasteiger partial charge >= 0.3 is 0 Å². The maximum atomic E-state index is 5.94. The number of benzene rings is 2. The molecule has 5 nitrogen and oxygen atoms in total. The number of fused-ring (bicyclic) bond motifs is 1. The molecular weight excluding hydrogens is 350 g/mol. The summed E-state index contributed by atoms with van der Waals surface area (Å²) in [5.74, 6) is 3.37. The number of likely N-dealkylation sites (N-methyl/N-ethyl adjacent to an activating group) is 1. The lowest BCUT2D eigenvalue weighted by atomic mass is 10.1. The highest BCUT2D eigenvalue weighted by Crippen LogP contribution is 2.25. The molecule has 0 atom stereocenters. The predicted octanol–water partition coefficient (Wildman–Crippen LogP) is 4.23. The summed E-state index contributed by atoms with van der Waals surface area (Å²) in [6.07, 6.45) is 0.773. The Morgan fingerprint density at radius 1 is 1.07 bits per heavy atom. The maximum Gasteiger partial charge on any atom is 0.121 e. The molecular formula is C23H31N3O2. The van der Waals surface area contributed by atoms with Gasteiger partial charge in [-0.15, -0.1) is 0 Å². The Balaban J connectivity index is 1.92. The van der Waals surface area contributed by atoms with Crippen LogP contribution in [0.1, 0.15) is 25.2 Å². The number of rotatable bonds is 9. The van der Waals surface area contributed by atoms with E-state index in [1.165, 1.54) is 5.56 Å². The van der Waals surface area contributed by atoms with E-state index in [2.05, 4.69) is 61.7 Å². The lowest BCUT2D eigenvalue weighted by molar-refractivity contribution is 0.261. The summed E-state index contributed by atoms with van der Waals surface area (Å²) in [7, 11) is 5.80. The van der Waals surface area contributed by atoms with E-state index in [0.29, 0.717) is 12.5 Å². The molecule has 0 aliphatic heterocycles. The first-order valence-corrected chi connectivity index (χ1v) is 9.86. The maximum absolute atomic E-state index is 5.94. The average Bonchev–Trinajstić information content (AvgIpc) is 2.98. The average molecular weight is 382 g/mol. The van der Waals surface area contributed by atoms with Crippen molar-refractivity contribution in [1.29, 1.82) is 0 Å². The second kappa shape index (κ2) is 9.11. The molecule has 150 valence electrons. The first-order valence-electron chi connectivity index (χ1n) is 9.86. The number of imidazole rings is 1. The molecule has 0 unspecified atom stereocenters. The first-order chi connectivity index (χ1) is 13.5. The predicted molar refractivity (Wildman–Crippen MR) is 114 cm³/mol. The van der Waals surface area contributed by atoms with Gasteiger partial charge in [-0.05, 0) is 49.8 Å². The minimum Gasteiger partial charge on any atom is -0.497 e. The summed E-state index contributed by atoms with van der Waals surface area (Å²) >= 11 is 0. The minimum absolute atomic E-state index is 0.528. The van der Waals surface area contributed by atoms with Crippen molar-refractivity contribution in [2.75, 3.05) is 34.4 Å². The van der Waals surface area contributed by atoms with Crippen LogP contribution < -0.4 is 9.47 Å². The van der Waals surface area contributed by atoms with E-state index in [1.54, 1.807) is 7.11 Å². The smallest absolute Gasteiger partial charge is 0.121 e.